The number of phenolic OH excluding ortho intramolecular Hbond substituents is 1. The van der Waals surface area contributed by atoms with Crippen LogP contribution in [-0.2, 0) is 0 Å². The van der Waals surface area contributed by atoms with E-state index in [0.29, 0.717) is 17.4 Å². The van der Waals surface area contributed by atoms with Gasteiger partial charge < -0.3 is 10.4 Å². The Morgan fingerprint density at radius 3 is 2.53 bits per heavy atom. The van der Waals surface area contributed by atoms with Crippen molar-refractivity contribution in [1.29, 1.82) is 0 Å². The number of rotatable bonds is 2. The average molecular weight is 326 g/mol. The number of hydrogen-bond acceptors (Lipinski definition) is 2. The van der Waals surface area contributed by atoms with Gasteiger partial charge in [0.15, 0.2) is 0 Å². The summed E-state index contributed by atoms with van der Waals surface area (Å²) in [4.78, 5) is 12.2. The Hall–Kier alpha value is -1.03. The van der Waals surface area contributed by atoms with Crippen molar-refractivity contribution >= 4 is 21.8 Å². The van der Waals surface area contributed by atoms with Gasteiger partial charge in [-0.05, 0) is 49.3 Å². The molecule has 0 radical (unpaired) electrons. The fraction of sp³-hybridized carbons (Fsp3) is 0.533. The molecule has 0 aliphatic heterocycles. The second-order valence-electron chi connectivity index (χ2n) is 5.75. The van der Waals surface area contributed by atoms with Crippen molar-refractivity contribution in [3.63, 3.8) is 0 Å². The zero-order valence-corrected chi connectivity index (χ0v) is 12.9. The number of phenols is 1. The number of benzene rings is 1. The Kier molecular flexibility index (Phi) is 4.50. The van der Waals surface area contributed by atoms with Gasteiger partial charge in [0.1, 0.15) is 5.75 Å². The normalized spacial score (nSPS) is 27.0. The van der Waals surface area contributed by atoms with E-state index < -0.39 is 0 Å². The molecular formula is C15H20BrNO2. The summed E-state index contributed by atoms with van der Waals surface area (Å²) < 4.78 is 0.792. The molecule has 2 rings (SSSR count). The second kappa shape index (κ2) is 5.95. The Morgan fingerprint density at radius 1 is 1.26 bits per heavy atom. The van der Waals surface area contributed by atoms with Gasteiger partial charge in [0.05, 0.1) is 5.56 Å². The first-order valence-electron chi connectivity index (χ1n) is 6.75. The lowest BCUT2D eigenvalue weighted by molar-refractivity contribution is 0.0908. The SMILES string of the molecule is CC1CC(C)CC(NC(=O)c2cc(Br)ccc2O)C1. The van der Waals surface area contributed by atoms with Crippen molar-refractivity contribution in [3.05, 3.63) is 28.2 Å². The van der Waals surface area contributed by atoms with Crippen molar-refractivity contribution in [2.45, 2.75) is 39.2 Å². The average Bonchev–Trinajstić information content (AvgIpc) is 2.30. The fourth-order valence-electron chi connectivity index (χ4n) is 3.02. The predicted octanol–water partition coefficient (Wildman–Crippen LogP) is 3.71. The van der Waals surface area contributed by atoms with Gasteiger partial charge in [0.2, 0.25) is 0 Å². The molecule has 19 heavy (non-hydrogen) atoms. The Labute approximate surface area is 122 Å². The highest BCUT2D eigenvalue weighted by molar-refractivity contribution is 9.10. The molecule has 2 atom stereocenters. The van der Waals surface area contributed by atoms with Crippen LogP contribution >= 0.6 is 15.9 Å². The summed E-state index contributed by atoms with van der Waals surface area (Å²) in [5.41, 5.74) is 0.334. The summed E-state index contributed by atoms with van der Waals surface area (Å²) in [5, 5.41) is 12.8. The molecule has 104 valence electrons. The minimum atomic E-state index is -0.190. The van der Waals surface area contributed by atoms with Crippen LogP contribution in [0, 0.1) is 11.8 Å². The highest BCUT2D eigenvalue weighted by Gasteiger charge is 2.25. The minimum absolute atomic E-state index is 0.0256. The van der Waals surface area contributed by atoms with Crippen LogP contribution in [-0.4, -0.2) is 17.1 Å². The number of hydrogen-bond donors (Lipinski definition) is 2. The van der Waals surface area contributed by atoms with Crippen molar-refractivity contribution in [1.82, 2.24) is 5.32 Å². The summed E-state index contributed by atoms with van der Waals surface area (Å²) in [6.07, 6.45) is 3.27. The maximum absolute atomic E-state index is 12.2. The van der Waals surface area contributed by atoms with E-state index in [-0.39, 0.29) is 17.7 Å². The molecule has 2 N–H and O–H groups in total. The third-order valence-corrected chi connectivity index (χ3v) is 4.21. The number of aromatic hydroxyl groups is 1. The Balaban J connectivity index is 2.06. The van der Waals surface area contributed by atoms with Gasteiger partial charge in [-0.1, -0.05) is 29.8 Å². The number of carbonyl (C=O) groups excluding carboxylic acids is 1. The third kappa shape index (κ3) is 3.72. The summed E-state index contributed by atoms with van der Waals surface area (Å²) in [5.74, 6) is 1.12. The molecular weight excluding hydrogens is 306 g/mol. The molecule has 3 nitrogen and oxygen atoms in total. The zero-order chi connectivity index (χ0) is 14.0. The second-order valence-corrected chi connectivity index (χ2v) is 6.66. The molecule has 1 aromatic carbocycles. The third-order valence-electron chi connectivity index (χ3n) is 3.72. The molecule has 0 spiro atoms. The van der Waals surface area contributed by atoms with E-state index in [4.69, 9.17) is 0 Å². The lowest BCUT2D eigenvalue weighted by Gasteiger charge is -2.32. The van der Waals surface area contributed by atoms with Crippen LogP contribution in [0.3, 0.4) is 0 Å². The first kappa shape index (κ1) is 14.4. The predicted molar refractivity (Wildman–Crippen MR) is 79.2 cm³/mol. The van der Waals surface area contributed by atoms with Crippen molar-refractivity contribution < 1.29 is 9.90 Å². The fourth-order valence-corrected chi connectivity index (χ4v) is 3.38. The molecule has 1 aromatic rings. The maximum atomic E-state index is 12.2. The number of carbonyl (C=O) groups is 1. The van der Waals surface area contributed by atoms with Gasteiger partial charge in [-0.3, -0.25) is 4.79 Å². The van der Waals surface area contributed by atoms with E-state index in [0.717, 1.165) is 17.3 Å². The lowest BCUT2D eigenvalue weighted by Crippen LogP contribution is -2.40. The quantitative estimate of drug-likeness (QED) is 0.870. The lowest BCUT2D eigenvalue weighted by atomic mass is 9.80. The van der Waals surface area contributed by atoms with Crippen LogP contribution in [0.4, 0.5) is 0 Å². The molecule has 0 heterocycles. The van der Waals surface area contributed by atoms with Gasteiger partial charge >= 0.3 is 0 Å². The summed E-state index contributed by atoms with van der Waals surface area (Å²) in [7, 11) is 0. The molecule has 1 aliphatic carbocycles. The van der Waals surface area contributed by atoms with Crippen LogP contribution in [0.1, 0.15) is 43.5 Å². The van der Waals surface area contributed by atoms with Gasteiger partial charge in [0, 0.05) is 10.5 Å². The number of amides is 1. The summed E-state index contributed by atoms with van der Waals surface area (Å²) >= 11 is 3.32. The highest BCUT2D eigenvalue weighted by Crippen LogP contribution is 2.29. The zero-order valence-electron chi connectivity index (χ0n) is 11.3. The standard InChI is InChI=1S/C15H20BrNO2/c1-9-5-10(2)7-12(6-9)17-15(19)13-8-11(16)3-4-14(13)18/h3-4,8-10,12,18H,5-7H2,1-2H3,(H,17,19). The van der Waals surface area contributed by atoms with Gasteiger partial charge in [-0.15, -0.1) is 0 Å². The first-order chi connectivity index (χ1) is 8.95. The largest absolute Gasteiger partial charge is 0.507 e. The van der Waals surface area contributed by atoms with Crippen molar-refractivity contribution in [2.75, 3.05) is 0 Å². The number of halogens is 1. The molecule has 0 saturated heterocycles. The van der Waals surface area contributed by atoms with Crippen LogP contribution in [0.2, 0.25) is 0 Å². The Morgan fingerprint density at radius 2 is 1.89 bits per heavy atom. The molecule has 1 fully saturated rings. The van der Waals surface area contributed by atoms with Crippen LogP contribution < -0.4 is 5.32 Å². The maximum Gasteiger partial charge on any atom is 0.255 e. The van der Waals surface area contributed by atoms with E-state index in [1.165, 1.54) is 12.5 Å². The molecule has 2 unspecified atom stereocenters. The van der Waals surface area contributed by atoms with E-state index in [1.54, 1.807) is 12.1 Å². The number of nitrogens with one attached hydrogen (secondary N) is 1. The van der Waals surface area contributed by atoms with Crippen LogP contribution in [0.25, 0.3) is 0 Å². The van der Waals surface area contributed by atoms with E-state index in [9.17, 15) is 9.90 Å². The van der Waals surface area contributed by atoms with Crippen molar-refractivity contribution in [3.8, 4) is 5.75 Å². The van der Waals surface area contributed by atoms with Gasteiger partial charge in [0.25, 0.3) is 5.91 Å². The Bertz CT molecular complexity index is 465. The molecule has 0 bridgehead atoms. The smallest absolute Gasteiger partial charge is 0.255 e. The highest BCUT2D eigenvalue weighted by atomic mass is 79.9. The van der Waals surface area contributed by atoms with Crippen LogP contribution in [0.5, 0.6) is 5.75 Å². The molecule has 1 aliphatic rings. The monoisotopic (exact) mass is 325 g/mol. The minimum Gasteiger partial charge on any atom is -0.507 e. The summed E-state index contributed by atoms with van der Waals surface area (Å²) in [6, 6.07) is 5.12. The molecule has 1 amide bonds. The van der Waals surface area contributed by atoms with Gasteiger partial charge in [-0.2, -0.15) is 0 Å². The van der Waals surface area contributed by atoms with E-state index in [1.807, 2.05) is 0 Å². The summed E-state index contributed by atoms with van der Waals surface area (Å²) in [6.45, 7) is 4.46. The van der Waals surface area contributed by atoms with Gasteiger partial charge in [-0.25, -0.2) is 0 Å². The first-order valence-corrected chi connectivity index (χ1v) is 7.54. The van der Waals surface area contributed by atoms with Crippen molar-refractivity contribution in [2.24, 2.45) is 11.8 Å². The van der Waals surface area contributed by atoms with E-state index in [2.05, 4.69) is 35.1 Å². The van der Waals surface area contributed by atoms with E-state index >= 15 is 0 Å². The molecule has 1 saturated carbocycles. The topological polar surface area (TPSA) is 49.3 Å². The van der Waals surface area contributed by atoms with Crippen LogP contribution in [0.15, 0.2) is 22.7 Å². The molecule has 0 aromatic heterocycles. The molecule has 4 heteroatoms.